The number of rotatable bonds is 10. The van der Waals surface area contributed by atoms with E-state index >= 15 is 0 Å². The third-order valence-corrected chi connectivity index (χ3v) is 6.98. The van der Waals surface area contributed by atoms with Crippen molar-refractivity contribution in [3.8, 4) is 5.75 Å². The summed E-state index contributed by atoms with van der Waals surface area (Å²) < 4.78 is 8.92. The fourth-order valence-electron chi connectivity index (χ4n) is 3.91. The second kappa shape index (κ2) is 15.2. The zero-order valence-electron chi connectivity index (χ0n) is 27.5. The van der Waals surface area contributed by atoms with E-state index in [2.05, 4.69) is 54.8 Å². The van der Waals surface area contributed by atoms with Crippen molar-refractivity contribution in [2.24, 2.45) is 22.5 Å². The lowest BCUT2D eigenvalue weighted by Gasteiger charge is -2.25. The van der Waals surface area contributed by atoms with Gasteiger partial charge in [0.1, 0.15) is 0 Å². The molecule has 1 saturated carbocycles. The van der Waals surface area contributed by atoms with Crippen LogP contribution in [-0.2, 0) is 5.41 Å². The minimum absolute atomic E-state index is 0.139. The molecule has 10 heteroatoms. The molecule has 2 aromatic rings. The second-order valence-electron chi connectivity index (χ2n) is 12.9. The molecule has 7 N–H and O–H groups in total. The summed E-state index contributed by atoms with van der Waals surface area (Å²) in [6.45, 7) is 20.1. The highest BCUT2D eigenvalue weighted by Gasteiger charge is 2.22. The number of nitrogens with two attached hydrogens (primary N) is 2. The van der Waals surface area contributed by atoms with E-state index in [4.69, 9.17) is 16.3 Å². The molecular weight excluding hydrogens is 558 g/mol. The van der Waals surface area contributed by atoms with Gasteiger partial charge in [-0.1, -0.05) is 58.6 Å². The highest BCUT2D eigenvalue weighted by molar-refractivity contribution is 7.99. The van der Waals surface area contributed by atoms with Gasteiger partial charge < -0.3 is 25.8 Å². The Balaban J connectivity index is 0.00000148. The molecule has 0 spiro atoms. The molecule has 0 aromatic heterocycles. The number of aliphatic imine (C=N–C) groups is 1. The van der Waals surface area contributed by atoms with Gasteiger partial charge in [-0.2, -0.15) is 0 Å². The number of anilines is 3. The molecular formula is C33H51N7O2S. The number of nitrogens with one attached hydrogen (secondary N) is 3. The number of methoxy groups -OCH3 is 1. The van der Waals surface area contributed by atoms with Gasteiger partial charge in [-0.25, -0.2) is 5.84 Å². The summed E-state index contributed by atoms with van der Waals surface area (Å²) in [5.74, 6) is 7.73. The van der Waals surface area contributed by atoms with Crippen LogP contribution in [-0.4, -0.2) is 31.5 Å². The molecule has 9 nitrogen and oxygen atoms in total. The number of amides is 1. The topological polar surface area (TPSA) is 130 Å². The van der Waals surface area contributed by atoms with Crippen molar-refractivity contribution in [1.82, 2.24) is 5.32 Å². The Morgan fingerprint density at radius 2 is 1.74 bits per heavy atom. The van der Waals surface area contributed by atoms with E-state index in [1.807, 2.05) is 52.1 Å². The molecule has 0 bridgehead atoms. The predicted molar refractivity (Wildman–Crippen MR) is 186 cm³/mol. The Kier molecular flexibility index (Phi) is 12.6. The molecule has 0 aliphatic heterocycles. The normalized spacial score (nSPS) is 13.8. The van der Waals surface area contributed by atoms with E-state index in [1.54, 1.807) is 31.6 Å². The fraction of sp³-hybridized carbons (Fsp3) is 0.455. The Morgan fingerprint density at radius 3 is 2.23 bits per heavy atom. The van der Waals surface area contributed by atoms with Crippen LogP contribution >= 0.6 is 11.9 Å². The van der Waals surface area contributed by atoms with Crippen molar-refractivity contribution in [3.05, 3.63) is 70.8 Å². The zero-order valence-corrected chi connectivity index (χ0v) is 28.3. The van der Waals surface area contributed by atoms with E-state index in [1.165, 1.54) is 29.8 Å². The summed E-state index contributed by atoms with van der Waals surface area (Å²) in [7, 11) is 1.58. The van der Waals surface area contributed by atoms with Crippen molar-refractivity contribution in [3.63, 3.8) is 0 Å². The smallest absolute Gasteiger partial charge is 0.255 e. The standard InChI is InChI=1S/C29H43N7O2S.C4H8/c1-18-11-12-19(13-25(18)36(31)17-21(30)24(16-32-8)34-29(5,6)7)27(37)33-22-14-20(28(2,3)4)15-23(35-39-10)26(22)38-9;1-4-2-3-4/h11-17,34-35H,8,30-31H2,1-7,9-10H3,(H,33,37);4H,2-3H2,1H3/b21-17-,24-16-;. The van der Waals surface area contributed by atoms with Crippen molar-refractivity contribution in [2.45, 2.75) is 79.2 Å². The van der Waals surface area contributed by atoms with Crippen LogP contribution in [0.5, 0.6) is 5.75 Å². The van der Waals surface area contributed by atoms with Gasteiger partial charge >= 0.3 is 0 Å². The van der Waals surface area contributed by atoms with Crippen LogP contribution in [0.2, 0.25) is 0 Å². The number of hydrogen-bond acceptors (Lipinski definition) is 9. The Bertz CT molecular complexity index is 1340. The van der Waals surface area contributed by atoms with Crippen LogP contribution in [0.4, 0.5) is 17.1 Å². The number of ether oxygens (including phenoxy) is 1. The van der Waals surface area contributed by atoms with E-state index < -0.39 is 0 Å². The zero-order chi connectivity index (χ0) is 32.5. The van der Waals surface area contributed by atoms with Crippen LogP contribution < -0.4 is 36.7 Å². The molecule has 236 valence electrons. The number of carbonyl (C=O) groups excluding carboxylic acids is 1. The minimum Gasteiger partial charge on any atom is -0.492 e. The van der Waals surface area contributed by atoms with Crippen LogP contribution in [0.1, 0.15) is 82.8 Å². The molecule has 0 atom stereocenters. The highest BCUT2D eigenvalue weighted by Crippen LogP contribution is 2.39. The molecule has 1 aliphatic rings. The summed E-state index contributed by atoms with van der Waals surface area (Å²) in [5, 5.41) is 7.71. The molecule has 3 rings (SSSR count). The summed E-state index contributed by atoms with van der Waals surface area (Å²) >= 11 is 1.45. The molecule has 1 fully saturated rings. The SMILES string of the molecule is C=N/C=C(NC(C)(C)C)/C(N)=C/N(N)c1cc(C(=O)Nc2cc(C(C)(C)C)cc(NSC)c2OC)ccc1C.CC1CC1. The van der Waals surface area contributed by atoms with Crippen molar-refractivity contribution in [2.75, 3.05) is 28.4 Å². The molecule has 1 aliphatic carbocycles. The van der Waals surface area contributed by atoms with E-state index in [-0.39, 0.29) is 16.9 Å². The first-order valence-electron chi connectivity index (χ1n) is 14.4. The number of hydrogen-bond donors (Lipinski definition) is 5. The quantitative estimate of drug-likeness (QED) is 0.0636. The monoisotopic (exact) mass is 609 g/mol. The third kappa shape index (κ3) is 11.2. The molecule has 0 radical (unpaired) electrons. The molecule has 0 heterocycles. The summed E-state index contributed by atoms with van der Waals surface area (Å²) in [5.41, 5.74) is 11.2. The fourth-order valence-corrected chi connectivity index (χ4v) is 4.29. The number of nitrogens with zero attached hydrogens (tertiary/aromatic N) is 2. The molecule has 43 heavy (non-hydrogen) atoms. The van der Waals surface area contributed by atoms with Gasteiger partial charge in [0, 0.05) is 23.6 Å². The van der Waals surface area contributed by atoms with E-state index in [9.17, 15) is 4.79 Å². The van der Waals surface area contributed by atoms with E-state index in [0.717, 1.165) is 22.7 Å². The first kappa shape index (κ1) is 35.6. The second-order valence-corrected chi connectivity index (χ2v) is 13.5. The van der Waals surface area contributed by atoms with Gasteiger partial charge in [0.05, 0.1) is 41.8 Å². The van der Waals surface area contributed by atoms with Crippen LogP contribution in [0, 0.1) is 12.8 Å². The lowest BCUT2D eigenvalue weighted by atomic mass is 9.86. The molecule has 2 aromatic carbocycles. The number of hydrazine groups is 1. The van der Waals surface area contributed by atoms with E-state index in [0.29, 0.717) is 34.1 Å². The van der Waals surface area contributed by atoms with Gasteiger partial charge in [-0.3, -0.25) is 14.8 Å². The third-order valence-electron chi connectivity index (χ3n) is 6.55. The van der Waals surface area contributed by atoms with Crippen molar-refractivity contribution < 1.29 is 9.53 Å². The van der Waals surface area contributed by atoms with Crippen LogP contribution in [0.25, 0.3) is 0 Å². The molecule has 0 saturated heterocycles. The lowest BCUT2D eigenvalue weighted by molar-refractivity contribution is 0.102. The Hall–Kier alpha value is -3.63. The average molecular weight is 610 g/mol. The minimum atomic E-state index is -0.299. The van der Waals surface area contributed by atoms with Gasteiger partial charge in [0.25, 0.3) is 5.91 Å². The Labute approximate surface area is 262 Å². The van der Waals surface area contributed by atoms with Gasteiger partial charge in [-0.05, 0) is 81.1 Å². The largest absolute Gasteiger partial charge is 0.492 e. The maximum atomic E-state index is 13.4. The molecule has 1 amide bonds. The summed E-state index contributed by atoms with van der Waals surface area (Å²) in [6.07, 6.45) is 8.03. The molecule has 0 unspecified atom stereocenters. The van der Waals surface area contributed by atoms with Crippen molar-refractivity contribution >= 4 is 41.6 Å². The maximum Gasteiger partial charge on any atom is 0.255 e. The number of carbonyl (C=O) groups is 1. The van der Waals surface area contributed by atoms with Crippen LogP contribution in [0.3, 0.4) is 0 Å². The van der Waals surface area contributed by atoms with Crippen LogP contribution in [0.15, 0.2) is 59.1 Å². The Morgan fingerprint density at radius 1 is 1.14 bits per heavy atom. The van der Waals surface area contributed by atoms with Gasteiger partial charge in [-0.15, -0.1) is 0 Å². The number of aryl methyl sites for hydroxylation is 1. The summed E-state index contributed by atoms with van der Waals surface area (Å²) in [4.78, 5) is 17.3. The van der Waals surface area contributed by atoms with Gasteiger partial charge in [0.2, 0.25) is 0 Å². The maximum absolute atomic E-state index is 13.4. The number of benzene rings is 2. The average Bonchev–Trinajstić information content (AvgIpc) is 3.69. The van der Waals surface area contributed by atoms with Gasteiger partial charge in [0.15, 0.2) is 5.75 Å². The van der Waals surface area contributed by atoms with Crippen molar-refractivity contribution in [1.29, 1.82) is 0 Å². The lowest BCUT2D eigenvalue weighted by Crippen LogP contribution is -2.37. The summed E-state index contributed by atoms with van der Waals surface area (Å²) in [6, 6.07) is 9.30. The first-order chi connectivity index (χ1) is 20.0. The predicted octanol–water partition coefficient (Wildman–Crippen LogP) is 7.07. The first-order valence-corrected chi connectivity index (χ1v) is 15.6. The highest BCUT2D eigenvalue weighted by atomic mass is 32.2.